The maximum Gasteiger partial charge on any atom is 0.257 e. The second kappa shape index (κ2) is 9.13. The van der Waals surface area contributed by atoms with Crippen LogP contribution in [0.5, 0.6) is 0 Å². The number of benzene rings is 2. The van der Waals surface area contributed by atoms with E-state index in [0.717, 1.165) is 11.8 Å². The molecular formula is C22H18ClFN4O3S. The minimum atomic E-state index is -1.01. The van der Waals surface area contributed by atoms with Crippen molar-refractivity contribution >= 4 is 46.7 Å². The van der Waals surface area contributed by atoms with E-state index < -0.39 is 23.3 Å². The molecule has 0 unspecified atom stereocenters. The quantitative estimate of drug-likeness (QED) is 0.381. The number of carbonyl (C=O) groups is 2. The zero-order valence-electron chi connectivity index (χ0n) is 16.9. The number of aromatic nitrogens is 2. The molecule has 0 aliphatic carbocycles. The fourth-order valence-electron chi connectivity index (χ4n) is 3.37. The highest BCUT2D eigenvalue weighted by Crippen LogP contribution is 2.32. The second-order valence-corrected chi connectivity index (χ2v) is 8.59. The number of amides is 2. The first-order chi connectivity index (χ1) is 15.3. The van der Waals surface area contributed by atoms with Crippen LogP contribution in [0.4, 0.5) is 15.9 Å². The molecule has 0 radical (unpaired) electrons. The smallest absolute Gasteiger partial charge is 0.257 e. The molecule has 3 aromatic rings. The topological polar surface area (TPSA) is 104 Å². The Morgan fingerprint density at radius 2 is 2.03 bits per heavy atom. The molecule has 1 aliphatic rings. The maximum absolute atomic E-state index is 13.9. The van der Waals surface area contributed by atoms with Crippen LogP contribution >= 0.6 is 23.4 Å². The van der Waals surface area contributed by atoms with Crippen molar-refractivity contribution in [1.82, 2.24) is 9.97 Å². The molecule has 3 N–H and O–H groups in total. The molecule has 1 aliphatic heterocycles. The first kappa shape index (κ1) is 22.0. The number of nitrogens with one attached hydrogen (secondary N) is 3. The first-order valence-electron chi connectivity index (χ1n) is 9.69. The normalized spacial score (nSPS) is 15.1. The van der Waals surface area contributed by atoms with Crippen LogP contribution in [0.1, 0.15) is 29.0 Å². The number of anilines is 2. The van der Waals surface area contributed by atoms with Gasteiger partial charge >= 0.3 is 0 Å². The summed E-state index contributed by atoms with van der Waals surface area (Å²) in [4.78, 5) is 44.9. The minimum Gasteiger partial charge on any atom is -0.325 e. The number of H-pyrrole nitrogens is 1. The highest BCUT2D eigenvalue weighted by atomic mass is 35.5. The molecule has 1 aromatic heterocycles. The van der Waals surface area contributed by atoms with Crippen molar-refractivity contribution in [1.29, 1.82) is 0 Å². The Hall–Kier alpha value is -3.17. The Morgan fingerprint density at radius 3 is 2.81 bits per heavy atom. The van der Waals surface area contributed by atoms with Crippen molar-refractivity contribution in [3.05, 3.63) is 80.3 Å². The molecule has 2 heterocycles. The zero-order chi connectivity index (χ0) is 22.8. The number of carbonyl (C=O) groups excluding carboxylic acids is 2. The van der Waals surface area contributed by atoms with Gasteiger partial charge in [-0.3, -0.25) is 14.4 Å². The van der Waals surface area contributed by atoms with Gasteiger partial charge in [0.2, 0.25) is 11.8 Å². The lowest BCUT2D eigenvalue weighted by molar-refractivity contribution is -0.123. The van der Waals surface area contributed by atoms with E-state index >= 15 is 0 Å². The number of nitrogens with zero attached hydrogens (tertiary/aromatic N) is 1. The van der Waals surface area contributed by atoms with Gasteiger partial charge < -0.3 is 15.6 Å². The van der Waals surface area contributed by atoms with E-state index in [4.69, 9.17) is 11.6 Å². The maximum atomic E-state index is 13.9. The van der Waals surface area contributed by atoms with E-state index in [-0.39, 0.29) is 34.5 Å². The molecular weight excluding hydrogens is 455 g/mol. The Balaban J connectivity index is 1.60. The van der Waals surface area contributed by atoms with Gasteiger partial charge in [-0.1, -0.05) is 47.6 Å². The predicted octanol–water partition coefficient (Wildman–Crippen LogP) is 4.23. The van der Waals surface area contributed by atoms with Crippen molar-refractivity contribution in [2.24, 2.45) is 0 Å². The van der Waals surface area contributed by atoms with E-state index in [0.29, 0.717) is 21.8 Å². The highest BCUT2D eigenvalue weighted by Gasteiger charge is 2.35. The van der Waals surface area contributed by atoms with Crippen molar-refractivity contribution in [2.75, 3.05) is 10.6 Å². The summed E-state index contributed by atoms with van der Waals surface area (Å²) in [5.41, 5.74) is 1.17. The Labute approximate surface area is 191 Å². The van der Waals surface area contributed by atoms with E-state index in [9.17, 15) is 18.8 Å². The summed E-state index contributed by atoms with van der Waals surface area (Å²) < 4.78 is 13.9. The molecule has 0 spiro atoms. The van der Waals surface area contributed by atoms with Crippen LogP contribution in [0, 0.1) is 12.7 Å². The molecule has 10 heteroatoms. The van der Waals surface area contributed by atoms with E-state index in [1.165, 1.54) is 6.07 Å². The van der Waals surface area contributed by atoms with Gasteiger partial charge in [0, 0.05) is 22.9 Å². The third-order valence-corrected chi connectivity index (χ3v) is 6.43. The zero-order valence-corrected chi connectivity index (χ0v) is 18.4. The van der Waals surface area contributed by atoms with Crippen LogP contribution in [0.25, 0.3) is 0 Å². The Bertz CT molecular complexity index is 1280. The van der Waals surface area contributed by atoms with Crippen LogP contribution in [0.3, 0.4) is 0 Å². The molecule has 2 amide bonds. The van der Waals surface area contributed by atoms with Crippen LogP contribution in [0.15, 0.2) is 52.4 Å². The summed E-state index contributed by atoms with van der Waals surface area (Å²) in [6.45, 7) is 1.76. The van der Waals surface area contributed by atoms with Gasteiger partial charge in [0.15, 0.2) is 5.16 Å². The van der Waals surface area contributed by atoms with E-state index in [1.807, 2.05) is 0 Å². The van der Waals surface area contributed by atoms with E-state index in [2.05, 4.69) is 20.6 Å². The number of hydrogen-bond donors (Lipinski definition) is 3. The molecule has 7 nitrogen and oxygen atoms in total. The van der Waals surface area contributed by atoms with Gasteiger partial charge in [0.1, 0.15) is 11.6 Å². The SMILES string of the molecule is Cc1c(Cl)cccc1NC(=O)[C@@H]1CC(=O)Nc2nc(SCc3ccccc3F)[nH]c(=O)c21. The van der Waals surface area contributed by atoms with Gasteiger partial charge in [0.05, 0.1) is 11.5 Å². The van der Waals surface area contributed by atoms with Crippen molar-refractivity contribution in [3.8, 4) is 0 Å². The first-order valence-corrected chi connectivity index (χ1v) is 11.1. The van der Waals surface area contributed by atoms with E-state index in [1.54, 1.807) is 43.3 Å². The summed E-state index contributed by atoms with van der Waals surface area (Å²) in [5.74, 6) is -2.04. The lowest BCUT2D eigenvalue weighted by Crippen LogP contribution is -2.36. The molecule has 0 fully saturated rings. The number of halogens is 2. The summed E-state index contributed by atoms with van der Waals surface area (Å²) in [6, 6.07) is 11.4. The fourth-order valence-corrected chi connectivity index (χ4v) is 4.39. The second-order valence-electron chi connectivity index (χ2n) is 7.22. The minimum absolute atomic E-state index is 0.0315. The average Bonchev–Trinajstić information content (AvgIpc) is 2.75. The molecule has 0 bridgehead atoms. The van der Waals surface area contributed by atoms with Crippen molar-refractivity contribution < 1.29 is 14.0 Å². The summed E-state index contributed by atoms with van der Waals surface area (Å²) in [7, 11) is 0. The summed E-state index contributed by atoms with van der Waals surface area (Å²) in [5, 5.41) is 6.01. The largest absolute Gasteiger partial charge is 0.325 e. The molecule has 0 saturated heterocycles. The number of hydrogen-bond acceptors (Lipinski definition) is 5. The van der Waals surface area contributed by atoms with Gasteiger partial charge in [0.25, 0.3) is 5.56 Å². The third-order valence-electron chi connectivity index (χ3n) is 5.09. The van der Waals surface area contributed by atoms with Gasteiger partial charge in [-0.25, -0.2) is 9.37 Å². The number of rotatable bonds is 5. The average molecular weight is 473 g/mol. The standard InChI is InChI=1S/C22H18ClFN4O3S/c1-11-14(23)6-4-8-16(11)25-20(30)13-9-17(29)26-19-18(13)21(31)28-22(27-19)32-10-12-5-2-3-7-15(12)24/h2-8,13H,9-10H2,1H3,(H,25,30)(H2,26,27,28,29,31)/t13-/m1/s1. The molecule has 32 heavy (non-hydrogen) atoms. The molecule has 1 atom stereocenters. The molecule has 2 aromatic carbocycles. The number of aromatic amines is 1. The summed E-state index contributed by atoms with van der Waals surface area (Å²) >= 11 is 7.23. The lowest BCUT2D eigenvalue weighted by atomic mass is 9.92. The van der Waals surface area contributed by atoms with Gasteiger partial charge in [-0.05, 0) is 36.2 Å². The third kappa shape index (κ3) is 4.53. The van der Waals surface area contributed by atoms with Crippen LogP contribution in [0.2, 0.25) is 5.02 Å². The van der Waals surface area contributed by atoms with Crippen LogP contribution in [-0.2, 0) is 15.3 Å². The molecule has 164 valence electrons. The van der Waals surface area contributed by atoms with Crippen LogP contribution < -0.4 is 16.2 Å². The number of thioether (sulfide) groups is 1. The van der Waals surface area contributed by atoms with Crippen molar-refractivity contribution in [2.45, 2.75) is 30.2 Å². The Kier molecular flexibility index (Phi) is 6.29. The highest BCUT2D eigenvalue weighted by molar-refractivity contribution is 7.98. The fraction of sp³-hybridized carbons (Fsp3) is 0.182. The van der Waals surface area contributed by atoms with Gasteiger partial charge in [-0.2, -0.15) is 0 Å². The predicted molar refractivity (Wildman–Crippen MR) is 122 cm³/mol. The molecule has 4 rings (SSSR count). The monoisotopic (exact) mass is 472 g/mol. The summed E-state index contributed by atoms with van der Waals surface area (Å²) in [6.07, 6.45) is -0.190. The Morgan fingerprint density at radius 1 is 1.25 bits per heavy atom. The number of fused-ring (bicyclic) bond motifs is 1. The molecule has 0 saturated carbocycles. The van der Waals surface area contributed by atoms with Crippen LogP contribution in [-0.4, -0.2) is 21.8 Å². The van der Waals surface area contributed by atoms with Crippen molar-refractivity contribution in [3.63, 3.8) is 0 Å². The lowest BCUT2D eigenvalue weighted by Gasteiger charge is -2.24. The van der Waals surface area contributed by atoms with Gasteiger partial charge in [-0.15, -0.1) is 0 Å².